The van der Waals surface area contributed by atoms with Crippen LogP contribution in [0, 0.1) is 0 Å². The first-order valence-electron chi connectivity index (χ1n) is 7.11. The number of hydrogen-bond acceptors (Lipinski definition) is 4. The van der Waals surface area contributed by atoms with Gasteiger partial charge in [-0.2, -0.15) is 0 Å². The lowest BCUT2D eigenvalue weighted by Gasteiger charge is -2.45. The molecule has 0 unspecified atom stereocenters. The summed E-state index contributed by atoms with van der Waals surface area (Å²) in [5.41, 5.74) is 0.578. The number of carbonyl (C=O) groups is 1. The lowest BCUT2D eigenvalue weighted by atomic mass is 9.78. The van der Waals surface area contributed by atoms with Crippen LogP contribution in [-0.2, 0) is 4.79 Å². The summed E-state index contributed by atoms with van der Waals surface area (Å²) >= 11 is 0. The Balaban J connectivity index is 2.11. The number of amides is 1. The molecule has 2 heterocycles. The zero-order valence-electron chi connectivity index (χ0n) is 12.4. The van der Waals surface area contributed by atoms with Crippen LogP contribution >= 0.6 is 0 Å². The third kappa shape index (κ3) is 2.22. The van der Waals surface area contributed by atoms with Gasteiger partial charge in [0, 0.05) is 24.0 Å². The van der Waals surface area contributed by atoms with Crippen LogP contribution in [0.3, 0.4) is 0 Å². The first kappa shape index (κ1) is 13.8. The SMILES string of the molecule is CCOc1ccc2c(c1)O[C@@]1(C)C[C@H]2/C(=C(/C)O)C(=O)N1. The predicted octanol–water partition coefficient (Wildman–Crippen LogP) is 2.63. The van der Waals surface area contributed by atoms with Gasteiger partial charge in [0.15, 0.2) is 5.72 Å². The fourth-order valence-electron chi connectivity index (χ4n) is 3.15. The summed E-state index contributed by atoms with van der Waals surface area (Å²) in [6.07, 6.45) is 0.604. The highest BCUT2D eigenvalue weighted by Crippen LogP contribution is 2.47. The molecule has 0 spiro atoms. The van der Waals surface area contributed by atoms with Crippen LogP contribution in [0.4, 0.5) is 0 Å². The zero-order chi connectivity index (χ0) is 15.2. The van der Waals surface area contributed by atoms with Gasteiger partial charge < -0.3 is 19.9 Å². The van der Waals surface area contributed by atoms with E-state index in [-0.39, 0.29) is 17.6 Å². The van der Waals surface area contributed by atoms with Gasteiger partial charge in [-0.25, -0.2) is 0 Å². The molecule has 2 N–H and O–H groups in total. The van der Waals surface area contributed by atoms with E-state index in [4.69, 9.17) is 9.47 Å². The third-order valence-corrected chi connectivity index (χ3v) is 3.96. The maximum atomic E-state index is 12.2. The van der Waals surface area contributed by atoms with Crippen molar-refractivity contribution in [3.8, 4) is 11.5 Å². The number of ether oxygens (including phenoxy) is 2. The Labute approximate surface area is 123 Å². The Morgan fingerprint density at radius 1 is 1.57 bits per heavy atom. The molecular formula is C16H19NO4. The van der Waals surface area contributed by atoms with Crippen LogP contribution in [-0.4, -0.2) is 23.3 Å². The second kappa shape index (κ2) is 4.69. The standard InChI is InChI=1S/C16H19NO4/c1-4-20-10-5-6-11-12-8-16(3,21-13(11)7-10)17-15(19)14(12)9(2)18/h5-7,12,18H,4,8H2,1-3H3,(H,17,19)/b14-9+/t12-,16+/m1/s1. The summed E-state index contributed by atoms with van der Waals surface area (Å²) in [6, 6.07) is 5.61. The molecule has 0 aromatic heterocycles. The second-order valence-electron chi connectivity index (χ2n) is 5.68. The van der Waals surface area contributed by atoms with Gasteiger partial charge in [0.05, 0.1) is 17.9 Å². The maximum absolute atomic E-state index is 12.2. The zero-order valence-corrected chi connectivity index (χ0v) is 12.4. The van der Waals surface area contributed by atoms with Crippen LogP contribution < -0.4 is 14.8 Å². The van der Waals surface area contributed by atoms with E-state index in [1.807, 2.05) is 32.0 Å². The molecule has 2 atom stereocenters. The number of fused-ring (bicyclic) bond motifs is 4. The molecule has 1 aromatic carbocycles. The molecule has 3 rings (SSSR count). The summed E-state index contributed by atoms with van der Waals surface area (Å²) in [5, 5.41) is 12.7. The molecule has 1 fully saturated rings. The Morgan fingerprint density at radius 2 is 2.33 bits per heavy atom. The Kier molecular flexibility index (Phi) is 3.08. The highest BCUT2D eigenvalue weighted by Gasteiger charge is 2.47. The smallest absolute Gasteiger partial charge is 0.254 e. The topological polar surface area (TPSA) is 67.8 Å². The van der Waals surface area contributed by atoms with Crippen LogP contribution in [0.5, 0.6) is 11.5 Å². The largest absolute Gasteiger partial charge is 0.512 e. The fourth-order valence-corrected chi connectivity index (χ4v) is 3.15. The molecule has 2 aliphatic heterocycles. The van der Waals surface area contributed by atoms with E-state index in [0.717, 1.165) is 11.3 Å². The van der Waals surface area contributed by atoms with Gasteiger partial charge in [-0.3, -0.25) is 4.79 Å². The van der Waals surface area contributed by atoms with Crippen LogP contribution in [0.25, 0.3) is 0 Å². The predicted molar refractivity (Wildman–Crippen MR) is 77.5 cm³/mol. The van der Waals surface area contributed by atoms with Crippen molar-refractivity contribution in [2.24, 2.45) is 0 Å². The number of aliphatic hydroxyl groups is 1. The van der Waals surface area contributed by atoms with E-state index in [2.05, 4.69) is 5.32 Å². The quantitative estimate of drug-likeness (QED) is 0.649. The number of hydrogen-bond donors (Lipinski definition) is 2. The van der Waals surface area contributed by atoms with E-state index >= 15 is 0 Å². The molecule has 1 amide bonds. The molecule has 0 aliphatic carbocycles. The second-order valence-corrected chi connectivity index (χ2v) is 5.68. The van der Waals surface area contributed by atoms with Crippen molar-refractivity contribution >= 4 is 5.91 Å². The number of piperidine rings is 1. The molecule has 5 heteroatoms. The van der Waals surface area contributed by atoms with Crippen molar-refractivity contribution in [3.05, 3.63) is 35.1 Å². The maximum Gasteiger partial charge on any atom is 0.254 e. The lowest BCUT2D eigenvalue weighted by Crippen LogP contribution is -2.58. The van der Waals surface area contributed by atoms with Gasteiger partial charge in [-0.15, -0.1) is 0 Å². The van der Waals surface area contributed by atoms with Crippen molar-refractivity contribution in [1.29, 1.82) is 0 Å². The van der Waals surface area contributed by atoms with E-state index in [9.17, 15) is 9.90 Å². The fraction of sp³-hybridized carbons (Fsp3) is 0.438. The lowest BCUT2D eigenvalue weighted by molar-refractivity contribution is -0.127. The monoisotopic (exact) mass is 289 g/mol. The third-order valence-electron chi connectivity index (χ3n) is 3.96. The average molecular weight is 289 g/mol. The molecule has 1 saturated heterocycles. The molecule has 112 valence electrons. The van der Waals surface area contributed by atoms with Crippen LogP contribution in [0.15, 0.2) is 29.5 Å². The summed E-state index contributed by atoms with van der Waals surface area (Å²) in [4.78, 5) is 12.2. The highest BCUT2D eigenvalue weighted by molar-refractivity contribution is 5.97. The molecule has 0 saturated carbocycles. The first-order chi connectivity index (χ1) is 9.93. The molecule has 2 aliphatic rings. The number of rotatable bonds is 2. The van der Waals surface area contributed by atoms with Gasteiger partial charge in [-0.05, 0) is 26.8 Å². The van der Waals surface area contributed by atoms with E-state index in [1.54, 1.807) is 6.92 Å². The molecule has 21 heavy (non-hydrogen) atoms. The number of allylic oxidation sites excluding steroid dienone is 1. The molecule has 1 aromatic rings. The number of carbonyl (C=O) groups excluding carboxylic acids is 1. The van der Waals surface area contributed by atoms with Gasteiger partial charge >= 0.3 is 0 Å². The van der Waals surface area contributed by atoms with Crippen LogP contribution in [0.2, 0.25) is 0 Å². The van der Waals surface area contributed by atoms with Gasteiger partial charge in [0.2, 0.25) is 0 Å². The minimum Gasteiger partial charge on any atom is -0.512 e. The average Bonchev–Trinajstić information content (AvgIpc) is 2.36. The van der Waals surface area contributed by atoms with Crippen molar-refractivity contribution < 1.29 is 19.4 Å². The first-order valence-corrected chi connectivity index (χ1v) is 7.11. The number of aliphatic hydroxyl groups excluding tert-OH is 1. The number of benzene rings is 1. The minimum absolute atomic E-state index is 0.0567. The Bertz CT molecular complexity index is 633. The Morgan fingerprint density at radius 3 is 3.00 bits per heavy atom. The van der Waals surface area contributed by atoms with Crippen molar-refractivity contribution in [2.45, 2.75) is 38.8 Å². The van der Waals surface area contributed by atoms with E-state index in [1.165, 1.54) is 0 Å². The normalized spacial score (nSPS) is 29.1. The Hall–Kier alpha value is -2.17. The highest BCUT2D eigenvalue weighted by atomic mass is 16.5. The summed E-state index contributed by atoms with van der Waals surface area (Å²) in [5.74, 6) is 1.05. The number of nitrogens with one attached hydrogen (secondary N) is 1. The van der Waals surface area contributed by atoms with E-state index < -0.39 is 5.72 Å². The summed E-state index contributed by atoms with van der Waals surface area (Å²) in [7, 11) is 0. The molecular weight excluding hydrogens is 270 g/mol. The van der Waals surface area contributed by atoms with Crippen molar-refractivity contribution in [3.63, 3.8) is 0 Å². The molecule has 2 bridgehead atoms. The van der Waals surface area contributed by atoms with Crippen LogP contribution in [0.1, 0.15) is 38.7 Å². The summed E-state index contributed by atoms with van der Waals surface area (Å²) < 4.78 is 11.5. The summed E-state index contributed by atoms with van der Waals surface area (Å²) in [6.45, 7) is 5.89. The molecule has 5 nitrogen and oxygen atoms in total. The van der Waals surface area contributed by atoms with Gasteiger partial charge in [0.1, 0.15) is 11.5 Å². The van der Waals surface area contributed by atoms with E-state index in [0.29, 0.717) is 24.4 Å². The van der Waals surface area contributed by atoms with Crippen molar-refractivity contribution in [1.82, 2.24) is 5.32 Å². The van der Waals surface area contributed by atoms with Gasteiger partial charge in [-0.1, -0.05) is 6.07 Å². The minimum atomic E-state index is -0.751. The molecule has 0 radical (unpaired) electrons. The van der Waals surface area contributed by atoms with Gasteiger partial charge in [0.25, 0.3) is 5.91 Å². The van der Waals surface area contributed by atoms with Crippen molar-refractivity contribution in [2.75, 3.05) is 6.61 Å².